The van der Waals surface area contributed by atoms with E-state index in [2.05, 4.69) is 48.3 Å². The molecule has 1 saturated carbocycles. The number of aromatic amines is 2. The molecule has 1 aliphatic rings. The molecule has 5 heterocycles. The third-order valence-electron chi connectivity index (χ3n) is 7.00. The molecule has 37 heavy (non-hydrogen) atoms. The van der Waals surface area contributed by atoms with Crippen LogP contribution in [0.2, 0.25) is 0 Å². The number of nitrogens with zero attached hydrogens (tertiary/aromatic N) is 5. The second-order valence-corrected chi connectivity index (χ2v) is 9.48. The number of fused-ring (bicyclic) bond motifs is 2. The van der Waals surface area contributed by atoms with Gasteiger partial charge in [0.15, 0.2) is 5.82 Å². The van der Waals surface area contributed by atoms with E-state index in [0.717, 1.165) is 68.7 Å². The molecule has 0 atom stereocenters. The van der Waals surface area contributed by atoms with Crippen molar-refractivity contribution in [3.05, 3.63) is 73.3 Å². The van der Waals surface area contributed by atoms with Gasteiger partial charge in [-0.25, -0.2) is 4.98 Å². The lowest BCUT2D eigenvalue weighted by Crippen LogP contribution is -2.19. The SMILES string of the molecule is c1ccc(-c2nccc3[nH]c(-c4n[nH]c5ccc(-c6cncc(OC7CCCCC7)c6)cc45)nc23)nc1. The van der Waals surface area contributed by atoms with Crippen LogP contribution < -0.4 is 4.74 Å². The molecule has 7 rings (SSSR count). The van der Waals surface area contributed by atoms with Crippen LogP contribution in [0.4, 0.5) is 0 Å². The Labute approximate surface area is 213 Å². The fourth-order valence-corrected chi connectivity index (χ4v) is 5.13. The van der Waals surface area contributed by atoms with Crippen molar-refractivity contribution in [3.63, 3.8) is 0 Å². The number of rotatable bonds is 5. The Bertz CT molecular complexity index is 1700. The van der Waals surface area contributed by atoms with Crippen molar-refractivity contribution >= 4 is 21.9 Å². The van der Waals surface area contributed by atoms with Gasteiger partial charge >= 0.3 is 0 Å². The Hall–Kier alpha value is -4.59. The van der Waals surface area contributed by atoms with Gasteiger partial charge in [-0.15, -0.1) is 0 Å². The number of H-pyrrole nitrogens is 2. The molecule has 0 spiro atoms. The van der Waals surface area contributed by atoms with Gasteiger partial charge in [-0.2, -0.15) is 5.10 Å². The van der Waals surface area contributed by atoms with Crippen molar-refractivity contribution in [1.82, 2.24) is 35.1 Å². The number of pyridine rings is 3. The minimum Gasteiger partial charge on any atom is -0.489 e. The van der Waals surface area contributed by atoms with E-state index in [-0.39, 0.29) is 6.10 Å². The maximum Gasteiger partial charge on any atom is 0.159 e. The Morgan fingerprint density at radius 1 is 0.811 bits per heavy atom. The van der Waals surface area contributed by atoms with Gasteiger partial charge in [-0.3, -0.25) is 20.1 Å². The summed E-state index contributed by atoms with van der Waals surface area (Å²) in [6, 6.07) is 16.0. The lowest BCUT2D eigenvalue weighted by Gasteiger charge is -2.23. The summed E-state index contributed by atoms with van der Waals surface area (Å²) >= 11 is 0. The molecular formula is C29H25N7O. The van der Waals surface area contributed by atoms with E-state index >= 15 is 0 Å². The molecule has 1 fully saturated rings. The lowest BCUT2D eigenvalue weighted by molar-refractivity contribution is 0.154. The highest BCUT2D eigenvalue weighted by Gasteiger charge is 2.18. The standard InChI is InChI=1S/C29H25N7O/c1-2-6-20(7-3-1)37-21-14-19(16-30-17-21)18-9-10-23-22(15-18)26(36-35-23)29-33-25-11-13-32-27(28(25)34-29)24-8-4-5-12-31-24/h4-5,8-17,20H,1-3,6-7H2,(H,33,34)(H,35,36). The maximum absolute atomic E-state index is 6.26. The molecule has 2 N–H and O–H groups in total. The highest BCUT2D eigenvalue weighted by molar-refractivity contribution is 5.97. The molecule has 1 aromatic carbocycles. The third-order valence-corrected chi connectivity index (χ3v) is 7.00. The molecule has 8 heteroatoms. The zero-order valence-electron chi connectivity index (χ0n) is 20.2. The Morgan fingerprint density at radius 3 is 2.65 bits per heavy atom. The normalized spacial score (nSPS) is 14.4. The van der Waals surface area contributed by atoms with E-state index in [1.807, 2.05) is 42.7 Å². The van der Waals surface area contributed by atoms with Crippen LogP contribution in [-0.4, -0.2) is 41.2 Å². The van der Waals surface area contributed by atoms with Crippen molar-refractivity contribution in [3.8, 4) is 39.8 Å². The molecule has 6 aromatic rings. The molecule has 5 aromatic heterocycles. The van der Waals surface area contributed by atoms with E-state index in [1.54, 1.807) is 12.4 Å². The quantitative estimate of drug-likeness (QED) is 0.294. The molecule has 1 aliphatic carbocycles. The summed E-state index contributed by atoms with van der Waals surface area (Å²) in [6.07, 6.45) is 13.5. The number of nitrogens with one attached hydrogen (secondary N) is 2. The average Bonchev–Trinajstić information content (AvgIpc) is 3.58. The zero-order chi connectivity index (χ0) is 24.6. The van der Waals surface area contributed by atoms with E-state index in [9.17, 15) is 0 Å². The molecule has 8 nitrogen and oxygen atoms in total. The second-order valence-electron chi connectivity index (χ2n) is 9.48. The number of benzene rings is 1. The van der Waals surface area contributed by atoms with Gasteiger partial charge in [-0.1, -0.05) is 18.6 Å². The maximum atomic E-state index is 6.26. The van der Waals surface area contributed by atoms with Crippen molar-refractivity contribution in [2.24, 2.45) is 0 Å². The fourth-order valence-electron chi connectivity index (χ4n) is 5.13. The molecule has 0 unspecified atom stereocenters. The van der Waals surface area contributed by atoms with E-state index in [4.69, 9.17) is 9.72 Å². The predicted molar refractivity (Wildman–Crippen MR) is 143 cm³/mol. The van der Waals surface area contributed by atoms with Gasteiger partial charge in [-0.05, 0) is 67.6 Å². The summed E-state index contributed by atoms with van der Waals surface area (Å²) in [7, 11) is 0. The van der Waals surface area contributed by atoms with Crippen molar-refractivity contribution in [2.45, 2.75) is 38.2 Å². The Morgan fingerprint density at radius 2 is 1.76 bits per heavy atom. The number of hydrogen-bond donors (Lipinski definition) is 2. The molecule has 0 saturated heterocycles. The van der Waals surface area contributed by atoms with Crippen molar-refractivity contribution in [1.29, 1.82) is 0 Å². The first-order valence-electron chi connectivity index (χ1n) is 12.7. The van der Waals surface area contributed by atoms with E-state index in [0.29, 0.717) is 5.82 Å². The van der Waals surface area contributed by atoms with Crippen LogP contribution in [0.3, 0.4) is 0 Å². The van der Waals surface area contributed by atoms with Crippen molar-refractivity contribution in [2.75, 3.05) is 0 Å². The van der Waals surface area contributed by atoms with Crippen LogP contribution in [0.1, 0.15) is 32.1 Å². The first kappa shape index (κ1) is 21.7. The summed E-state index contributed by atoms with van der Waals surface area (Å²) < 4.78 is 6.26. The fraction of sp³-hybridized carbons (Fsp3) is 0.207. The van der Waals surface area contributed by atoms with Gasteiger partial charge in [0, 0.05) is 29.5 Å². The van der Waals surface area contributed by atoms with Crippen LogP contribution >= 0.6 is 0 Å². The largest absolute Gasteiger partial charge is 0.489 e. The smallest absolute Gasteiger partial charge is 0.159 e. The first-order valence-corrected chi connectivity index (χ1v) is 12.7. The molecule has 182 valence electrons. The molecule has 0 radical (unpaired) electrons. The van der Waals surface area contributed by atoms with Gasteiger partial charge in [0.1, 0.15) is 22.7 Å². The topological polar surface area (TPSA) is 105 Å². The van der Waals surface area contributed by atoms with Crippen LogP contribution in [0.5, 0.6) is 5.75 Å². The zero-order valence-corrected chi connectivity index (χ0v) is 20.2. The van der Waals surface area contributed by atoms with Gasteiger partial charge in [0.2, 0.25) is 0 Å². The monoisotopic (exact) mass is 487 g/mol. The van der Waals surface area contributed by atoms with Crippen LogP contribution in [0, 0.1) is 0 Å². The number of ether oxygens (including phenoxy) is 1. The first-order chi connectivity index (χ1) is 18.3. The van der Waals surface area contributed by atoms with Crippen LogP contribution in [0.25, 0.3) is 56.0 Å². The summed E-state index contributed by atoms with van der Waals surface area (Å²) in [5.74, 6) is 1.50. The summed E-state index contributed by atoms with van der Waals surface area (Å²) in [5.41, 5.74) is 6.91. The van der Waals surface area contributed by atoms with Gasteiger partial charge in [0.05, 0.1) is 29.0 Å². The van der Waals surface area contributed by atoms with E-state index < -0.39 is 0 Å². The number of aromatic nitrogens is 7. The van der Waals surface area contributed by atoms with Crippen molar-refractivity contribution < 1.29 is 4.74 Å². The number of hydrogen-bond acceptors (Lipinski definition) is 6. The Kier molecular flexibility index (Phi) is 5.35. The average molecular weight is 488 g/mol. The molecule has 0 aliphatic heterocycles. The minimum absolute atomic E-state index is 0.285. The lowest BCUT2D eigenvalue weighted by atomic mass is 9.98. The van der Waals surface area contributed by atoms with Crippen LogP contribution in [-0.2, 0) is 0 Å². The number of imidazole rings is 1. The van der Waals surface area contributed by atoms with Gasteiger partial charge < -0.3 is 9.72 Å². The summed E-state index contributed by atoms with van der Waals surface area (Å²) in [4.78, 5) is 21.8. The van der Waals surface area contributed by atoms with E-state index in [1.165, 1.54) is 19.3 Å². The summed E-state index contributed by atoms with van der Waals surface area (Å²) in [5, 5.41) is 8.72. The molecular weight excluding hydrogens is 462 g/mol. The van der Waals surface area contributed by atoms with Gasteiger partial charge in [0.25, 0.3) is 0 Å². The van der Waals surface area contributed by atoms with Crippen LogP contribution in [0.15, 0.2) is 73.3 Å². The summed E-state index contributed by atoms with van der Waals surface area (Å²) in [6.45, 7) is 0. The Balaban J connectivity index is 1.26. The molecule has 0 bridgehead atoms. The highest BCUT2D eigenvalue weighted by Crippen LogP contribution is 2.33. The highest BCUT2D eigenvalue weighted by atomic mass is 16.5. The minimum atomic E-state index is 0.285. The predicted octanol–water partition coefficient (Wildman–Crippen LogP) is 6.34. The third kappa shape index (κ3) is 4.10. The molecule has 0 amide bonds. The second kappa shape index (κ2) is 9.13.